The number of hydrogen-bond acceptors (Lipinski definition) is 6. The quantitative estimate of drug-likeness (QED) is 0.573. The molecule has 8 heteroatoms. The molecular formula is C20H15N5O3. The summed E-state index contributed by atoms with van der Waals surface area (Å²) in [6.07, 6.45) is 0.880. The van der Waals surface area contributed by atoms with Crippen molar-refractivity contribution in [3.05, 3.63) is 83.4 Å². The molecular weight excluding hydrogens is 358 g/mol. The molecule has 1 aliphatic rings. The summed E-state index contributed by atoms with van der Waals surface area (Å²) in [4.78, 5) is 28.9. The van der Waals surface area contributed by atoms with Gasteiger partial charge in [0.05, 0.1) is 28.0 Å². The number of aromatic nitrogens is 2. The highest BCUT2D eigenvalue weighted by Gasteiger charge is 2.38. The number of carbonyl (C=O) groups is 1. The minimum Gasteiger partial charge on any atom is -0.465 e. The van der Waals surface area contributed by atoms with Crippen LogP contribution >= 0.6 is 0 Å². The van der Waals surface area contributed by atoms with E-state index in [1.165, 1.54) is 0 Å². The third-order valence-corrected chi connectivity index (χ3v) is 4.42. The van der Waals surface area contributed by atoms with Crippen molar-refractivity contribution in [2.45, 2.75) is 5.66 Å². The average molecular weight is 373 g/mol. The number of ether oxygens (including phenoxy) is 1. The van der Waals surface area contributed by atoms with Crippen LogP contribution in [0, 0.1) is 0 Å². The van der Waals surface area contributed by atoms with E-state index in [2.05, 4.69) is 25.3 Å². The Morgan fingerprint density at radius 3 is 2.50 bits per heavy atom. The molecule has 1 aliphatic heterocycles. The fraction of sp³-hybridized carbons (Fsp3) is 0.100. The Hall–Kier alpha value is -3.94. The molecule has 5 rings (SSSR count). The van der Waals surface area contributed by atoms with E-state index in [9.17, 15) is 4.79 Å². The fourth-order valence-corrected chi connectivity index (χ4v) is 3.14. The monoisotopic (exact) mass is 373 g/mol. The number of nitrogens with zero attached hydrogens (tertiary/aromatic N) is 3. The Morgan fingerprint density at radius 2 is 1.79 bits per heavy atom. The molecule has 0 bridgehead atoms. The van der Waals surface area contributed by atoms with Gasteiger partial charge in [0.25, 0.3) is 0 Å². The van der Waals surface area contributed by atoms with Crippen molar-refractivity contribution < 1.29 is 13.9 Å². The first-order valence-electron chi connectivity index (χ1n) is 8.69. The highest BCUT2D eigenvalue weighted by atomic mass is 16.6. The third-order valence-electron chi connectivity index (χ3n) is 4.42. The minimum absolute atomic E-state index is 0.110. The molecule has 0 fully saturated rings. The molecule has 0 spiro atoms. The number of benzene rings is 2. The lowest BCUT2D eigenvalue weighted by Gasteiger charge is -2.20. The van der Waals surface area contributed by atoms with Crippen LogP contribution < -0.4 is 16.0 Å². The molecule has 2 aromatic carbocycles. The molecule has 138 valence electrons. The first-order chi connectivity index (χ1) is 13.7. The summed E-state index contributed by atoms with van der Waals surface area (Å²) in [5.74, 6) is 0.807. The van der Waals surface area contributed by atoms with Crippen molar-refractivity contribution in [2.75, 3.05) is 11.9 Å². The summed E-state index contributed by atoms with van der Waals surface area (Å²) in [5.41, 5.74) is 0.431. The van der Waals surface area contributed by atoms with E-state index in [1.54, 1.807) is 18.4 Å². The number of imidazole rings is 1. The predicted octanol–water partition coefficient (Wildman–Crippen LogP) is 2.51. The number of H-pyrrole nitrogens is 1. The van der Waals surface area contributed by atoms with Crippen LogP contribution in [-0.2, 0) is 10.4 Å². The maximum Gasteiger partial charge on any atom is 0.414 e. The zero-order chi connectivity index (χ0) is 19.0. The van der Waals surface area contributed by atoms with Gasteiger partial charge in [-0.1, -0.05) is 24.3 Å². The second kappa shape index (κ2) is 6.34. The van der Waals surface area contributed by atoms with E-state index >= 15 is 0 Å². The molecule has 0 aliphatic carbocycles. The first kappa shape index (κ1) is 16.2. The van der Waals surface area contributed by atoms with Crippen LogP contribution in [0.4, 0.5) is 10.7 Å². The van der Waals surface area contributed by atoms with Crippen LogP contribution in [0.25, 0.3) is 11.0 Å². The van der Waals surface area contributed by atoms with Crippen molar-refractivity contribution in [1.29, 1.82) is 0 Å². The lowest BCUT2D eigenvalue weighted by molar-refractivity contribution is 0.123. The topological polar surface area (TPSA) is 105 Å². The van der Waals surface area contributed by atoms with Crippen LogP contribution in [0.3, 0.4) is 0 Å². The van der Waals surface area contributed by atoms with Gasteiger partial charge in [0.1, 0.15) is 6.61 Å². The first-order valence-corrected chi connectivity index (χ1v) is 8.69. The van der Waals surface area contributed by atoms with Gasteiger partial charge >= 0.3 is 6.09 Å². The highest BCUT2D eigenvalue weighted by Crippen LogP contribution is 2.29. The van der Waals surface area contributed by atoms with Gasteiger partial charge in [-0.25, -0.2) is 19.8 Å². The maximum atomic E-state index is 12.3. The van der Waals surface area contributed by atoms with Crippen LogP contribution in [-0.4, -0.2) is 22.7 Å². The van der Waals surface area contributed by atoms with Gasteiger partial charge in [-0.15, -0.1) is 0 Å². The summed E-state index contributed by atoms with van der Waals surface area (Å²) in [5, 5.41) is 4.04. The smallest absolute Gasteiger partial charge is 0.414 e. The third kappa shape index (κ3) is 2.81. The number of hydrogen-bond donors (Lipinski definition) is 2. The molecule has 0 unspecified atom stereocenters. The summed E-state index contributed by atoms with van der Waals surface area (Å²) < 4.78 is 11.0. The number of anilines is 1. The number of aromatic amines is 1. The lowest BCUT2D eigenvalue weighted by Crippen LogP contribution is -2.30. The van der Waals surface area contributed by atoms with E-state index in [1.807, 2.05) is 48.5 Å². The molecule has 0 radical (unpaired) electrons. The van der Waals surface area contributed by atoms with Crippen LogP contribution in [0.5, 0.6) is 0 Å². The molecule has 4 aromatic rings. The molecule has 8 nitrogen and oxygen atoms in total. The van der Waals surface area contributed by atoms with Gasteiger partial charge in [-0.05, 0) is 36.4 Å². The molecule has 0 saturated carbocycles. The van der Waals surface area contributed by atoms with E-state index < -0.39 is 11.8 Å². The minimum atomic E-state index is -1.14. The molecule has 0 atom stereocenters. The fourth-order valence-electron chi connectivity index (χ4n) is 3.14. The second-order valence-electron chi connectivity index (χ2n) is 6.31. The number of furan rings is 1. The number of rotatable bonds is 4. The molecule has 1 amide bonds. The summed E-state index contributed by atoms with van der Waals surface area (Å²) in [6, 6.07) is 18.5. The second-order valence-corrected chi connectivity index (χ2v) is 6.31. The van der Waals surface area contributed by atoms with Gasteiger partial charge < -0.3 is 14.1 Å². The Balaban J connectivity index is 1.37. The van der Waals surface area contributed by atoms with Crippen molar-refractivity contribution >= 4 is 23.1 Å². The lowest BCUT2D eigenvalue weighted by atomic mass is 10.1. The van der Waals surface area contributed by atoms with Crippen LogP contribution in [0.15, 0.2) is 81.3 Å². The van der Waals surface area contributed by atoms with Crippen molar-refractivity contribution in [3.63, 3.8) is 0 Å². The number of amides is 1. The number of fused-ring (bicyclic) bond motifs is 2. The van der Waals surface area contributed by atoms with Gasteiger partial charge in [0.2, 0.25) is 11.6 Å². The zero-order valence-corrected chi connectivity index (χ0v) is 14.6. The zero-order valence-electron chi connectivity index (χ0n) is 14.6. The summed E-state index contributed by atoms with van der Waals surface area (Å²) in [7, 11) is 0. The average Bonchev–Trinajstić information content (AvgIpc) is 3.43. The molecule has 0 saturated heterocycles. The van der Waals surface area contributed by atoms with Gasteiger partial charge in [-0.2, -0.15) is 0 Å². The summed E-state index contributed by atoms with van der Waals surface area (Å²) in [6.45, 7) is -0.110. The van der Waals surface area contributed by atoms with Crippen LogP contribution in [0.2, 0.25) is 0 Å². The van der Waals surface area contributed by atoms with E-state index in [0.29, 0.717) is 11.7 Å². The van der Waals surface area contributed by atoms with Gasteiger partial charge in [0, 0.05) is 0 Å². The van der Waals surface area contributed by atoms with Crippen molar-refractivity contribution in [3.8, 4) is 0 Å². The molecule has 2 aromatic heterocycles. The largest absolute Gasteiger partial charge is 0.465 e. The van der Waals surface area contributed by atoms with E-state index in [-0.39, 0.29) is 6.61 Å². The van der Waals surface area contributed by atoms with E-state index in [0.717, 1.165) is 21.7 Å². The highest BCUT2D eigenvalue weighted by molar-refractivity contribution is 5.86. The molecule has 3 heterocycles. The van der Waals surface area contributed by atoms with Crippen molar-refractivity contribution in [2.24, 2.45) is 9.98 Å². The Morgan fingerprint density at radius 1 is 1.04 bits per heavy atom. The molecule has 28 heavy (non-hydrogen) atoms. The standard InChI is InChI=1S/C20H15N5O3/c26-19(23-18-21-13-6-1-2-7-14(13)22-18)28-12-20(17-10-5-11-27-17)24-15-8-3-4-9-16(15)25-20/h1-11H,12H2,(H2,21,22,23,26). The number of carbonyl (C=O) groups excluding carboxylic acids is 1. The van der Waals surface area contributed by atoms with Gasteiger partial charge in [0.15, 0.2) is 5.76 Å². The number of nitrogens with one attached hydrogen (secondary N) is 2. The normalized spacial score (nSPS) is 14.1. The predicted molar refractivity (Wildman–Crippen MR) is 100 cm³/mol. The number of para-hydroxylation sites is 4. The van der Waals surface area contributed by atoms with Crippen molar-refractivity contribution in [1.82, 2.24) is 9.97 Å². The Labute approximate surface area is 158 Å². The summed E-state index contributed by atoms with van der Waals surface area (Å²) >= 11 is 0. The Kier molecular flexibility index (Phi) is 3.68. The molecule has 2 N–H and O–H groups in total. The van der Waals surface area contributed by atoms with Crippen LogP contribution in [0.1, 0.15) is 5.76 Å². The van der Waals surface area contributed by atoms with E-state index in [4.69, 9.17) is 9.15 Å². The SMILES string of the molecule is O=C(Nc1nc2ccccc2[nH]1)OCC1(c2ccco2)N=c2ccccc2=N1. The maximum absolute atomic E-state index is 12.3. The Bertz CT molecular complexity index is 1210. The van der Waals surface area contributed by atoms with Gasteiger partial charge in [-0.3, -0.25) is 5.32 Å².